The lowest BCUT2D eigenvalue weighted by atomic mass is 9.81. The highest BCUT2D eigenvalue weighted by Gasteiger charge is 2.21. The number of rotatable bonds is 5. The van der Waals surface area contributed by atoms with Crippen LogP contribution in [0.4, 0.5) is 0 Å². The highest BCUT2D eigenvalue weighted by molar-refractivity contribution is 5.01. The summed E-state index contributed by atoms with van der Waals surface area (Å²) in [6, 6.07) is 1.96. The molecule has 1 aromatic rings. The Balaban J connectivity index is 2.42. The topological polar surface area (TPSA) is 37.8 Å². The van der Waals surface area contributed by atoms with Crippen molar-refractivity contribution in [2.24, 2.45) is 11.3 Å². The van der Waals surface area contributed by atoms with E-state index in [4.69, 9.17) is 0 Å². The first-order valence-electron chi connectivity index (χ1n) is 5.91. The fraction of sp³-hybridized carbons (Fsp3) is 0.692. The molecule has 0 aliphatic heterocycles. The standard InChI is InChI=1S/C13H23N3/c1-10(2)13(4,5)9-14-8-12-6-7-15-11(3)16-12/h6-7,10,14H,8-9H2,1-5H3. The number of aryl methyl sites for hydroxylation is 1. The molecule has 0 spiro atoms. The first-order chi connectivity index (χ1) is 7.42. The minimum Gasteiger partial charge on any atom is -0.311 e. The molecular formula is C13H23N3. The van der Waals surface area contributed by atoms with Crippen LogP contribution in [0.25, 0.3) is 0 Å². The second kappa shape index (κ2) is 5.39. The van der Waals surface area contributed by atoms with Gasteiger partial charge in [0.25, 0.3) is 0 Å². The predicted molar refractivity (Wildman–Crippen MR) is 67.1 cm³/mol. The Kier molecular flexibility index (Phi) is 4.42. The summed E-state index contributed by atoms with van der Waals surface area (Å²) in [5.74, 6) is 1.51. The van der Waals surface area contributed by atoms with Crippen molar-refractivity contribution < 1.29 is 0 Å². The maximum atomic E-state index is 4.36. The molecular weight excluding hydrogens is 198 g/mol. The summed E-state index contributed by atoms with van der Waals surface area (Å²) in [6.07, 6.45) is 1.81. The third kappa shape index (κ3) is 3.89. The van der Waals surface area contributed by atoms with Gasteiger partial charge in [-0.15, -0.1) is 0 Å². The van der Waals surface area contributed by atoms with E-state index in [0.29, 0.717) is 11.3 Å². The minimum atomic E-state index is 0.322. The molecule has 1 N–H and O–H groups in total. The predicted octanol–water partition coefficient (Wildman–Crippen LogP) is 2.56. The van der Waals surface area contributed by atoms with E-state index < -0.39 is 0 Å². The zero-order valence-corrected chi connectivity index (χ0v) is 11.0. The van der Waals surface area contributed by atoms with Crippen LogP contribution in [-0.4, -0.2) is 16.5 Å². The van der Waals surface area contributed by atoms with E-state index in [1.54, 1.807) is 0 Å². The van der Waals surface area contributed by atoms with Crippen LogP contribution in [0.2, 0.25) is 0 Å². The van der Waals surface area contributed by atoms with Crippen molar-refractivity contribution in [2.75, 3.05) is 6.54 Å². The average Bonchev–Trinajstić information content (AvgIpc) is 2.17. The molecule has 0 fully saturated rings. The first-order valence-corrected chi connectivity index (χ1v) is 5.91. The largest absolute Gasteiger partial charge is 0.311 e. The van der Waals surface area contributed by atoms with Crippen LogP contribution >= 0.6 is 0 Å². The van der Waals surface area contributed by atoms with Crippen molar-refractivity contribution in [3.05, 3.63) is 23.8 Å². The molecule has 0 atom stereocenters. The van der Waals surface area contributed by atoms with Gasteiger partial charge in [0.2, 0.25) is 0 Å². The van der Waals surface area contributed by atoms with Gasteiger partial charge in [-0.05, 0) is 24.3 Å². The van der Waals surface area contributed by atoms with Crippen LogP contribution in [-0.2, 0) is 6.54 Å². The molecule has 0 amide bonds. The third-order valence-electron chi connectivity index (χ3n) is 3.28. The third-order valence-corrected chi connectivity index (χ3v) is 3.28. The number of hydrogen-bond donors (Lipinski definition) is 1. The number of nitrogens with zero attached hydrogens (tertiary/aromatic N) is 2. The molecule has 0 saturated heterocycles. The highest BCUT2D eigenvalue weighted by atomic mass is 14.9. The maximum Gasteiger partial charge on any atom is 0.125 e. The number of hydrogen-bond acceptors (Lipinski definition) is 3. The van der Waals surface area contributed by atoms with Crippen LogP contribution in [0.1, 0.15) is 39.2 Å². The van der Waals surface area contributed by atoms with Crippen molar-refractivity contribution in [1.82, 2.24) is 15.3 Å². The Labute approximate surface area is 98.7 Å². The fourth-order valence-corrected chi connectivity index (χ4v) is 1.32. The van der Waals surface area contributed by atoms with E-state index in [-0.39, 0.29) is 0 Å². The maximum absolute atomic E-state index is 4.36. The Morgan fingerprint density at radius 2 is 2.06 bits per heavy atom. The van der Waals surface area contributed by atoms with Gasteiger partial charge in [-0.3, -0.25) is 0 Å². The summed E-state index contributed by atoms with van der Waals surface area (Å²) in [7, 11) is 0. The van der Waals surface area contributed by atoms with Gasteiger partial charge in [0.05, 0.1) is 5.69 Å². The van der Waals surface area contributed by atoms with E-state index in [1.807, 2.05) is 19.2 Å². The lowest BCUT2D eigenvalue weighted by molar-refractivity contribution is 0.237. The summed E-state index contributed by atoms with van der Waals surface area (Å²) in [5.41, 5.74) is 1.38. The molecule has 0 saturated carbocycles. The summed E-state index contributed by atoms with van der Waals surface area (Å²) >= 11 is 0. The second-order valence-corrected chi connectivity index (χ2v) is 5.34. The Morgan fingerprint density at radius 3 is 2.62 bits per heavy atom. The zero-order valence-electron chi connectivity index (χ0n) is 11.0. The van der Waals surface area contributed by atoms with E-state index in [2.05, 4.69) is 43.0 Å². The minimum absolute atomic E-state index is 0.322. The van der Waals surface area contributed by atoms with Crippen LogP contribution in [0.15, 0.2) is 12.3 Å². The number of nitrogens with one attached hydrogen (secondary N) is 1. The monoisotopic (exact) mass is 221 g/mol. The van der Waals surface area contributed by atoms with Crippen molar-refractivity contribution in [3.63, 3.8) is 0 Å². The van der Waals surface area contributed by atoms with E-state index in [1.165, 1.54) is 0 Å². The van der Waals surface area contributed by atoms with Gasteiger partial charge in [-0.25, -0.2) is 9.97 Å². The lowest BCUT2D eigenvalue weighted by Gasteiger charge is -2.29. The van der Waals surface area contributed by atoms with E-state index >= 15 is 0 Å². The van der Waals surface area contributed by atoms with Gasteiger partial charge in [0.1, 0.15) is 5.82 Å². The molecule has 0 aliphatic carbocycles. The molecule has 0 unspecified atom stereocenters. The molecule has 3 nitrogen and oxygen atoms in total. The quantitative estimate of drug-likeness (QED) is 0.830. The Bertz CT molecular complexity index is 332. The van der Waals surface area contributed by atoms with Crippen molar-refractivity contribution in [1.29, 1.82) is 0 Å². The van der Waals surface area contributed by atoms with Crippen LogP contribution in [0.3, 0.4) is 0 Å². The zero-order chi connectivity index (χ0) is 12.2. The average molecular weight is 221 g/mol. The smallest absolute Gasteiger partial charge is 0.125 e. The molecule has 0 aromatic carbocycles. The Hall–Kier alpha value is -0.960. The molecule has 0 radical (unpaired) electrons. The SMILES string of the molecule is Cc1nccc(CNCC(C)(C)C(C)C)n1. The lowest BCUT2D eigenvalue weighted by Crippen LogP contribution is -2.33. The fourth-order valence-electron chi connectivity index (χ4n) is 1.32. The van der Waals surface area contributed by atoms with Crippen molar-refractivity contribution in [2.45, 2.75) is 41.2 Å². The highest BCUT2D eigenvalue weighted by Crippen LogP contribution is 2.24. The van der Waals surface area contributed by atoms with Crippen LogP contribution in [0.5, 0.6) is 0 Å². The molecule has 3 heteroatoms. The van der Waals surface area contributed by atoms with Gasteiger partial charge in [0, 0.05) is 19.3 Å². The summed E-state index contributed by atoms with van der Waals surface area (Å²) in [6.45, 7) is 12.8. The first kappa shape index (κ1) is 13.1. The molecule has 1 rings (SSSR count). The number of aromatic nitrogens is 2. The normalized spacial score (nSPS) is 12.1. The second-order valence-electron chi connectivity index (χ2n) is 5.34. The van der Waals surface area contributed by atoms with Gasteiger partial charge in [0.15, 0.2) is 0 Å². The molecule has 0 aliphatic rings. The summed E-state index contributed by atoms with van der Waals surface area (Å²) < 4.78 is 0. The van der Waals surface area contributed by atoms with Gasteiger partial charge in [-0.2, -0.15) is 0 Å². The van der Waals surface area contributed by atoms with E-state index in [0.717, 1.165) is 24.6 Å². The Morgan fingerprint density at radius 1 is 1.38 bits per heavy atom. The van der Waals surface area contributed by atoms with Crippen molar-refractivity contribution in [3.8, 4) is 0 Å². The van der Waals surface area contributed by atoms with Gasteiger partial charge in [-0.1, -0.05) is 27.7 Å². The molecule has 16 heavy (non-hydrogen) atoms. The molecule has 1 aromatic heterocycles. The molecule has 1 heterocycles. The van der Waals surface area contributed by atoms with Crippen molar-refractivity contribution >= 4 is 0 Å². The summed E-state index contributed by atoms with van der Waals surface area (Å²) in [5, 5.41) is 3.46. The van der Waals surface area contributed by atoms with Gasteiger partial charge >= 0.3 is 0 Å². The molecule has 0 bridgehead atoms. The summed E-state index contributed by atoms with van der Waals surface area (Å²) in [4.78, 5) is 8.45. The molecule has 90 valence electrons. The van der Waals surface area contributed by atoms with E-state index in [9.17, 15) is 0 Å². The van der Waals surface area contributed by atoms with Crippen LogP contribution in [0, 0.1) is 18.3 Å². The van der Waals surface area contributed by atoms with Gasteiger partial charge < -0.3 is 5.32 Å². The van der Waals surface area contributed by atoms with Crippen LogP contribution < -0.4 is 5.32 Å².